The summed E-state index contributed by atoms with van der Waals surface area (Å²) in [5, 5.41) is 22.7. The zero-order valence-electron chi connectivity index (χ0n) is 25.9. The van der Waals surface area contributed by atoms with Gasteiger partial charge in [0.2, 0.25) is 11.5 Å². The summed E-state index contributed by atoms with van der Waals surface area (Å²) in [7, 11) is 1.37. The molecule has 0 radical (unpaired) electrons. The second-order valence-corrected chi connectivity index (χ2v) is 12.4. The minimum absolute atomic E-state index is 0.0435. The summed E-state index contributed by atoms with van der Waals surface area (Å²) in [5.74, 6) is -1.72. The number of benzene rings is 2. The molecule has 5 aromatic rings. The molecule has 0 spiro atoms. The molecular formula is C32H28F5N7O5. The van der Waals surface area contributed by atoms with Crippen molar-refractivity contribution in [2.75, 3.05) is 20.3 Å². The normalized spacial score (nSPS) is 18.8. The third-order valence-electron chi connectivity index (χ3n) is 9.01. The van der Waals surface area contributed by atoms with Crippen molar-refractivity contribution in [1.82, 2.24) is 29.9 Å². The van der Waals surface area contributed by atoms with Gasteiger partial charge in [0.25, 0.3) is 5.91 Å². The van der Waals surface area contributed by atoms with Crippen LogP contribution in [-0.4, -0.2) is 67.9 Å². The summed E-state index contributed by atoms with van der Waals surface area (Å²) in [4.78, 5) is 30.1. The second-order valence-electron chi connectivity index (χ2n) is 12.4. The van der Waals surface area contributed by atoms with Crippen LogP contribution in [0.1, 0.15) is 54.0 Å². The first-order chi connectivity index (χ1) is 23.1. The number of nitrogens with two attached hydrogens (primary N) is 1. The Hall–Kier alpha value is -5.32. The van der Waals surface area contributed by atoms with E-state index in [4.69, 9.17) is 15.2 Å². The van der Waals surface area contributed by atoms with Crippen molar-refractivity contribution in [3.63, 3.8) is 0 Å². The first-order valence-electron chi connectivity index (χ1n) is 15.0. The Balaban J connectivity index is 1.30. The number of aromatic nitrogens is 5. The maximum Gasteiger partial charge on any atom is 0.424 e. The molecule has 1 saturated carbocycles. The molecule has 49 heavy (non-hydrogen) atoms. The second kappa shape index (κ2) is 11.1. The lowest BCUT2D eigenvalue weighted by Gasteiger charge is -2.31. The van der Waals surface area contributed by atoms with Crippen molar-refractivity contribution in [2.45, 2.75) is 49.5 Å². The number of carbonyl (C=O) groups is 2. The molecule has 4 heterocycles. The van der Waals surface area contributed by atoms with Crippen molar-refractivity contribution < 1.29 is 46.1 Å². The third kappa shape index (κ3) is 5.28. The van der Waals surface area contributed by atoms with E-state index in [1.165, 1.54) is 44.4 Å². The lowest BCUT2D eigenvalue weighted by molar-refractivity contribution is -0.265. The Morgan fingerprint density at radius 3 is 2.55 bits per heavy atom. The maximum absolute atomic E-state index is 14.9. The molecule has 1 unspecified atom stereocenters. The molecule has 4 N–H and O–H groups in total. The van der Waals surface area contributed by atoms with Gasteiger partial charge < -0.3 is 25.6 Å². The van der Waals surface area contributed by atoms with Crippen LogP contribution in [0.3, 0.4) is 0 Å². The predicted molar refractivity (Wildman–Crippen MR) is 163 cm³/mol. The van der Waals surface area contributed by atoms with Gasteiger partial charge in [-0.05, 0) is 44.0 Å². The third-order valence-corrected chi connectivity index (χ3v) is 9.01. The minimum atomic E-state index is -5.41. The van der Waals surface area contributed by atoms with Gasteiger partial charge in [-0.3, -0.25) is 14.3 Å². The van der Waals surface area contributed by atoms with Gasteiger partial charge in [0, 0.05) is 39.9 Å². The first-order valence-corrected chi connectivity index (χ1v) is 15.0. The van der Waals surface area contributed by atoms with Crippen LogP contribution >= 0.6 is 0 Å². The molecule has 256 valence electrons. The van der Waals surface area contributed by atoms with E-state index in [0.29, 0.717) is 21.0 Å². The fourth-order valence-corrected chi connectivity index (χ4v) is 5.86. The number of aliphatic hydroxyl groups is 1. The Morgan fingerprint density at radius 1 is 1.14 bits per heavy atom. The summed E-state index contributed by atoms with van der Waals surface area (Å²) >= 11 is 0. The highest BCUT2D eigenvalue weighted by Crippen LogP contribution is 2.48. The molecule has 2 aliphatic rings. The number of nitrogens with zero attached hydrogens (tertiary/aromatic N) is 5. The smallest absolute Gasteiger partial charge is 0.424 e. The van der Waals surface area contributed by atoms with Gasteiger partial charge in [0.1, 0.15) is 34.7 Å². The lowest BCUT2D eigenvalue weighted by Crippen LogP contribution is -2.51. The van der Waals surface area contributed by atoms with Gasteiger partial charge >= 0.3 is 12.7 Å². The molecule has 0 bridgehead atoms. The Kier molecular flexibility index (Phi) is 7.31. The molecule has 1 aliphatic carbocycles. The van der Waals surface area contributed by atoms with Crippen molar-refractivity contribution in [3.05, 3.63) is 65.6 Å². The summed E-state index contributed by atoms with van der Waals surface area (Å²) in [5.41, 5.74) is -0.455. The van der Waals surface area contributed by atoms with Crippen LogP contribution in [0.2, 0.25) is 0 Å². The number of ether oxygens (including phenoxy) is 2. The average Bonchev–Trinajstić information content (AvgIpc) is 3.51. The SMILES string of the molecule is COc1cc(C(=O)NCC(O)(c2cc3c(c(-c4ccc5cn(C(F)F)nc5c4)n2)OC[C@]3(C)C(N)=O)C(F)(F)F)cc2cn(C3CC3)nc12. The van der Waals surface area contributed by atoms with Gasteiger partial charge in [0.15, 0.2) is 0 Å². The zero-order chi connectivity index (χ0) is 35.0. The molecule has 2 amide bonds. The van der Waals surface area contributed by atoms with Crippen molar-refractivity contribution in [2.24, 2.45) is 5.73 Å². The fourth-order valence-electron chi connectivity index (χ4n) is 5.86. The van der Waals surface area contributed by atoms with E-state index < -0.39 is 47.8 Å². The minimum Gasteiger partial charge on any atom is -0.494 e. The van der Waals surface area contributed by atoms with Crippen molar-refractivity contribution in [3.8, 4) is 22.8 Å². The largest absolute Gasteiger partial charge is 0.494 e. The molecule has 7 rings (SSSR count). The molecule has 12 nitrogen and oxygen atoms in total. The van der Waals surface area contributed by atoms with Gasteiger partial charge in [-0.15, -0.1) is 0 Å². The van der Waals surface area contributed by atoms with Crippen LogP contribution in [0.5, 0.6) is 11.5 Å². The number of fused-ring (bicyclic) bond motifs is 3. The maximum atomic E-state index is 14.9. The number of methoxy groups -OCH3 is 1. The first kappa shape index (κ1) is 32.2. The number of hydrogen-bond acceptors (Lipinski definition) is 8. The van der Waals surface area contributed by atoms with E-state index in [0.717, 1.165) is 25.1 Å². The van der Waals surface area contributed by atoms with E-state index in [-0.39, 0.29) is 52.0 Å². The molecule has 2 aromatic carbocycles. The Labute approximate surface area is 273 Å². The van der Waals surface area contributed by atoms with Crippen LogP contribution in [0, 0.1) is 0 Å². The van der Waals surface area contributed by atoms with E-state index in [1.807, 2.05) is 0 Å². The number of alkyl halides is 5. The number of amides is 2. The predicted octanol–water partition coefficient (Wildman–Crippen LogP) is 4.50. The van der Waals surface area contributed by atoms with E-state index in [1.54, 1.807) is 10.9 Å². The highest BCUT2D eigenvalue weighted by Gasteiger charge is 2.57. The van der Waals surface area contributed by atoms with E-state index in [2.05, 4.69) is 20.5 Å². The molecule has 0 saturated heterocycles. The highest BCUT2D eigenvalue weighted by atomic mass is 19.4. The summed E-state index contributed by atoms with van der Waals surface area (Å²) in [6.07, 6.45) is -0.701. The zero-order valence-corrected chi connectivity index (χ0v) is 25.9. The van der Waals surface area contributed by atoms with Crippen molar-refractivity contribution in [1.29, 1.82) is 0 Å². The van der Waals surface area contributed by atoms with Crippen molar-refractivity contribution >= 4 is 33.6 Å². The van der Waals surface area contributed by atoms with Gasteiger partial charge in [-0.25, -0.2) is 9.67 Å². The van der Waals surface area contributed by atoms with Crippen LogP contribution in [0.4, 0.5) is 22.0 Å². The Morgan fingerprint density at radius 2 is 1.90 bits per heavy atom. The van der Waals surface area contributed by atoms with E-state index >= 15 is 0 Å². The monoisotopic (exact) mass is 685 g/mol. The number of primary amides is 1. The summed E-state index contributed by atoms with van der Waals surface area (Å²) in [6, 6.07) is 8.02. The van der Waals surface area contributed by atoms with Crippen LogP contribution < -0.4 is 20.5 Å². The lowest BCUT2D eigenvalue weighted by atomic mass is 9.81. The molecule has 3 aromatic heterocycles. The fraction of sp³-hybridized carbons (Fsp3) is 0.344. The van der Waals surface area contributed by atoms with Gasteiger partial charge in [-0.2, -0.15) is 32.1 Å². The number of pyridine rings is 1. The molecule has 2 atom stereocenters. The molecule has 17 heteroatoms. The summed E-state index contributed by atoms with van der Waals surface area (Å²) in [6.45, 7) is -3.30. The quantitative estimate of drug-likeness (QED) is 0.191. The summed E-state index contributed by atoms with van der Waals surface area (Å²) < 4.78 is 84.6. The topological polar surface area (TPSA) is 159 Å². The number of nitrogens with one attached hydrogen (secondary N) is 1. The number of halogens is 5. The molecular weight excluding hydrogens is 657 g/mol. The highest BCUT2D eigenvalue weighted by molar-refractivity contribution is 6.00. The Bertz CT molecular complexity index is 2160. The number of rotatable bonds is 9. The average molecular weight is 686 g/mol. The molecule has 1 aliphatic heterocycles. The van der Waals surface area contributed by atoms with Crippen LogP contribution in [0.25, 0.3) is 33.1 Å². The number of carbonyl (C=O) groups excluding carboxylic acids is 2. The van der Waals surface area contributed by atoms with Gasteiger partial charge in [-0.1, -0.05) is 12.1 Å². The standard InChI is InChI=1S/C32H28F5N7O5/c1-30(28(38)46)14-49-26-20(30)10-23(40-25(26)15-3-4-16-11-44(29(33)34)41-21(16)8-15)31(47,32(35,36)37)13-39-27(45)17-7-18-12-43(19-5-6-19)42-24(18)22(9-17)48-2/h3-4,7-12,19,29,47H,5-6,13-14H2,1-2H3,(H2,38,46)(H,39,45)/t30-,31?/m0/s1. The number of hydrogen-bond donors (Lipinski definition) is 3. The van der Waals surface area contributed by atoms with Gasteiger partial charge in [0.05, 0.1) is 30.9 Å². The van der Waals surface area contributed by atoms with E-state index in [9.17, 15) is 36.6 Å². The molecule has 1 fully saturated rings. The van der Waals surface area contributed by atoms with Crippen LogP contribution in [-0.2, 0) is 15.8 Å². The van der Waals surface area contributed by atoms with Crippen LogP contribution in [0.15, 0.2) is 48.8 Å².